The minimum absolute atomic E-state index is 0.661. The number of likely N-dealkylation sites (N-methyl/N-ethyl adjacent to an activating group) is 1. The average Bonchev–Trinajstić information content (AvgIpc) is 2.22. The summed E-state index contributed by atoms with van der Waals surface area (Å²) in [6.07, 6.45) is 0. The van der Waals surface area contributed by atoms with Gasteiger partial charge in [-0.3, -0.25) is 4.99 Å². The zero-order valence-electron chi connectivity index (χ0n) is 10.7. The molecule has 0 aromatic carbocycles. The summed E-state index contributed by atoms with van der Waals surface area (Å²) in [7, 11) is 7.69. The summed E-state index contributed by atoms with van der Waals surface area (Å²) in [6.45, 7) is 5.57. The van der Waals surface area contributed by atoms with Crippen molar-refractivity contribution in [1.29, 1.82) is 0 Å². The molecule has 0 saturated carbocycles. The minimum Gasteiger partial charge on any atom is -0.476 e. The average molecular weight is 213 g/mol. The molecule has 0 radical (unpaired) electrons. The quantitative estimate of drug-likeness (QED) is 0.549. The second-order valence-corrected chi connectivity index (χ2v) is 3.68. The van der Waals surface area contributed by atoms with Gasteiger partial charge in [-0.25, -0.2) is 0 Å². The minimum atomic E-state index is 0.661. The fraction of sp³-hybridized carbons (Fsp3) is 0.727. The molecule has 88 valence electrons. The summed E-state index contributed by atoms with van der Waals surface area (Å²) >= 11 is 0. The van der Waals surface area contributed by atoms with Crippen molar-refractivity contribution in [3.8, 4) is 0 Å². The van der Waals surface area contributed by atoms with E-state index in [4.69, 9.17) is 4.74 Å². The molecule has 4 nitrogen and oxygen atoms in total. The standard InChI is InChI=1S/C11H23N3O/c1-9(10(2)12-3)11(13-4)15-8-7-14(5)6/h12H,7-8H2,1-6H3/b10-9+,13-11+. The van der Waals surface area contributed by atoms with E-state index in [1.54, 1.807) is 7.05 Å². The zero-order valence-corrected chi connectivity index (χ0v) is 10.7. The molecule has 0 amide bonds. The number of nitrogens with zero attached hydrogens (tertiary/aromatic N) is 2. The van der Waals surface area contributed by atoms with Crippen LogP contribution >= 0.6 is 0 Å². The molecule has 0 bridgehead atoms. The first kappa shape index (κ1) is 14.0. The predicted octanol–water partition coefficient (Wildman–Crippen LogP) is 1.11. The maximum atomic E-state index is 5.60. The molecule has 0 spiro atoms. The van der Waals surface area contributed by atoms with E-state index in [9.17, 15) is 0 Å². The van der Waals surface area contributed by atoms with E-state index in [1.807, 2.05) is 35.0 Å². The predicted molar refractivity (Wildman–Crippen MR) is 65.3 cm³/mol. The molecular formula is C11H23N3O. The van der Waals surface area contributed by atoms with E-state index in [0.717, 1.165) is 17.8 Å². The van der Waals surface area contributed by atoms with Gasteiger partial charge in [0.25, 0.3) is 0 Å². The summed E-state index contributed by atoms with van der Waals surface area (Å²) in [6, 6.07) is 0. The van der Waals surface area contributed by atoms with E-state index in [0.29, 0.717) is 12.5 Å². The van der Waals surface area contributed by atoms with E-state index in [1.165, 1.54) is 0 Å². The third-order valence-electron chi connectivity index (χ3n) is 2.24. The van der Waals surface area contributed by atoms with Crippen LogP contribution in [0.1, 0.15) is 13.8 Å². The Morgan fingerprint density at radius 2 is 1.93 bits per heavy atom. The SMILES string of the molecule is C/N=C(OCCN(C)C)\C(C)=C(/C)NC. The molecule has 0 heterocycles. The van der Waals surface area contributed by atoms with Crippen LogP contribution in [0.5, 0.6) is 0 Å². The Balaban J connectivity index is 4.28. The summed E-state index contributed by atoms with van der Waals surface area (Å²) in [4.78, 5) is 6.21. The van der Waals surface area contributed by atoms with Crippen LogP contribution in [0.2, 0.25) is 0 Å². The van der Waals surface area contributed by atoms with Gasteiger partial charge in [-0.2, -0.15) is 0 Å². The summed E-state index contributed by atoms with van der Waals surface area (Å²) in [5, 5.41) is 3.09. The molecule has 1 N–H and O–H groups in total. The molecule has 0 rings (SSSR count). The van der Waals surface area contributed by atoms with Crippen molar-refractivity contribution in [2.75, 3.05) is 41.3 Å². The molecule has 0 aromatic rings. The number of hydrogen-bond donors (Lipinski definition) is 1. The van der Waals surface area contributed by atoms with Crippen LogP contribution in [-0.2, 0) is 4.74 Å². The highest BCUT2D eigenvalue weighted by Crippen LogP contribution is 2.04. The molecule has 0 unspecified atom stereocenters. The molecule has 0 atom stereocenters. The van der Waals surface area contributed by atoms with Crippen molar-refractivity contribution >= 4 is 5.90 Å². The van der Waals surface area contributed by atoms with Crippen LogP contribution < -0.4 is 5.32 Å². The van der Waals surface area contributed by atoms with Crippen molar-refractivity contribution in [1.82, 2.24) is 10.2 Å². The summed E-state index contributed by atoms with van der Waals surface area (Å²) in [5.74, 6) is 0.712. The number of aliphatic imine (C=N–C) groups is 1. The van der Waals surface area contributed by atoms with Gasteiger partial charge in [0.05, 0.1) is 0 Å². The van der Waals surface area contributed by atoms with Crippen LogP contribution in [0.25, 0.3) is 0 Å². The van der Waals surface area contributed by atoms with Crippen molar-refractivity contribution in [2.45, 2.75) is 13.8 Å². The third kappa shape index (κ3) is 5.42. The highest BCUT2D eigenvalue weighted by Gasteiger charge is 2.05. The monoisotopic (exact) mass is 213 g/mol. The molecule has 0 aliphatic rings. The zero-order chi connectivity index (χ0) is 11.8. The lowest BCUT2D eigenvalue weighted by Gasteiger charge is -2.14. The van der Waals surface area contributed by atoms with Crippen molar-refractivity contribution < 1.29 is 4.74 Å². The molecule has 0 aliphatic heterocycles. The van der Waals surface area contributed by atoms with Crippen LogP contribution in [0, 0.1) is 0 Å². The lowest BCUT2D eigenvalue weighted by atomic mass is 10.2. The third-order valence-corrected chi connectivity index (χ3v) is 2.24. The van der Waals surface area contributed by atoms with E-state index < -0.39 is 0 Å². The van der Waals surface area contributed by atoms with Gasteiger partial charge in [-0.15, -0.1) is 0 Å². The fourth-order valence-corrected chi connectivity index (χ4v) is 1.01. The number of hydrogen-bond acceptors (Lipinski definition) is 4. The number of ether oxygens (including phenoxy) is 1. The lowest BCUT2D eigenvalue weighted by molar-refractivity contribution is 0.251. The molecule has 0 fully saturated rings. The second kappa shape index (κ2) is 7.29. The van der Waals surface area contributed by atoms with Crippen LogP contribution in [0.4, 0.5) is 0 Å². The second-order valence-electron chi connectivity index (χ2n) is 3.68. The molecule has 4 heteroatoms. The molecule has 15 heavy (non-hydrogen) atoms. The van der Waals surface area contributed by atoms with Gasteiger partial charge in [-0.05, 0) is 27.9 Å². The Morgan fingerprint density at radius 1 is 1.33 bits per heavy atom. The van der Waals surface area contributed by atoms with E-state index >= 15 is 0 Å². The van der Waals surface area contributed by atoms with Crippen molar-refractivity contribution in [3.63, 3.8) is 0 Å². The number of nitrogens with one attached hydrogen (secondary N) is 1. The molecule has 0 saturated heterocycles. The van der Waals surface area contributed by atoms with Gasteiger partial charge < -0.3 is 15.0 Å². The van der Waals surface area contributed by atoms with Gasteiger partial charge in [0, 0.05) is 31.9 Å². The first-order valence-electron chi connectivity index (χ1n) is 5.12. The molecule has 0 aromatic heterocycles. The number of rotatable bonds is 5. The maximum absolute atomic E-state index is 5.60. The smallest absolute Gasteiger partial charge is 0.213 e. The van der Waals surface area contributed by atoms with Crippen LogP contribution in [0.3, 0.4) is 0 Å². The Bertz CT molecular complexity index is 244. The largest absolute Gasteiger partial charge is 0.476 e. The molecule has 0 aliphatic carbocycles. The Morgan fingerprint density at radius 3 is 2.33 bits per heavy atom. The maximum Gasteiger partial charge on any atom is 0.213 e. The number of allylic oxidation sites excluding steroid dienone is 1. The van der Waals surface area contributed by atoms with Crippen LogP contribution in [0.15, 0.2) is 16.3 Å². The van der Waals surface area contributed by atoms with Crippen molar-refractivity contribution in [3.05, 3.63) is 11.3 Å². The highest BCUT2D eigenvalue weighted by molar-refractivity contribution is 5.93. The highest BCUT2D eigenvalue weighted by atomic mass is 16.5. The van der Waals surface area contributed by atoms with Gasteiger partial charge in [-0.1, -0.05) is 0 Å². The fourth-order valence-electron chi connectivity index (χ4n) is 1.01. The van der Waals surface area contributed by atoms with E-state index in [-0.39, 0.29) is 0 Å². The van der Waals surface area contributed by atoms with Gasteiger partial charge >= 0.3 is 0 Å². The van der Waals surface area contributed by atoms with Gasteiger partial charge in [0.15, 0.2) is 0 Å². The van der Waals surface area contributed by atoms with Gasteiger partial charge in [0.1, 0.15) is 6.61 Å². The summed E-state index contributed by atoms with van der Waals surface area (Å²) < 4.78 is 5.60. The Kier molecular flexibility index (Phi) is 6.79. The Labute approximate surface area is 93.0 Å². The lowest BCUT2D eigenvalue weighted by Crippen LogP contribution is -2.21. The van der Waals surface area contributed by atoms with Crippen molar-refractivity contribution in [2.24, 2.45) is 4.99 Å². The topological polar surface area (TPSA) is 36.9 Å². The van der Waals surface area contributed by atoms with E-state index in [2.05, 4.69) is 15.2 Å². The first-order chi connectivity index (χ1) is 7.02. The van der Waals surface area contributed by atoms with Gasteiger partial charge in [0.2, 0.25) is 5.90 Å². The normalized spacial score (nSPS) is 13.9. The molecular weight excluding hydrogens is 190 g/mol. The first-order valence-corrected chi connectivity index (χ1v) is 5.12. The summed E-state index contributed by atoms with van der Waals surface area (Å²) in [5.41, 5.74) is 2.14. The Hall–Kier alpha value is -1.03. The van der Waals surface area contributed by atoms with Crippen LogP contribution in [-0.4, -0.2) is 52.1 Å².